The van der Waals surface area contributed by atoms with Crippen molar-refractivity contribution in [3.8, 4) is 0 Å². The molecule has 0 amide bonds. The highest BCUT2D eigenvalue weighted by Gasteiger charge is 2.20. The molecule has 0 unspecified atom stereocenters. The largest absolute Gasteiger partial charge is 0.368 e. The molecule has 1 fully saturated rings. The number of para-hydroxylation sites is 1. The van der Waals surface area contributed by atoms with E-state index in [1.165, 1.54) is 11.3 Å². The standard InChI is InChI=1S/C23H27N5/c1-19-17-22(26(2)18-20-9-5-3-6-10-20)25-23(24-19)28-15-13-27(14-16-28)21-11-7-4-8-12-21/h3-12,17H,13-16,18H2,1-2H3. The molecule has 2 aromatic carbocycles. The summed E-state index contributed by atoms with van der Waals surface area (Å²) >= 11 is 0. The molecule has 1 aliphatic rings. The monoisotopic (exact) mass is 373 g/mol. The number of benzene rings is 2. The van der Waals surface area contributed by atoms with Gasteiger partial charge in [0.2, 0.25) is 5.95 Å². The first kappa shape index (κ1) is 18.3. The Morgan fingerprint density at radius 1 is 0.821 bits per heavy atom. The number of anilines is 3. The van der Waals surface area contributed by atoms with Gasteiger partial charge in [0.05, 0.1) is 0 Å². The molecule has 0 spiro atoms. The third-order valence-electron chi connectivity index (χ3n) is 5.17. The van der Waals surface area contributed by atoms with Crippen molar-refractivity contribution in [2.45, 2.75) is 13.5 Å². The Labute approximate surface area is 167 Å². The van der Waals surface area contributed by atoms with E-state index in [-0.39, 0.29) is 0 Å². The van der Waals surface area contributed by atoms with Gasteiger partial charge in [-0.15, -0.1) is 0 Å². The number of hydrogen-bond acceptors (Lipinski definition) is 5. The molecule has 4 rings (SSSR count). The first-order valence-electron chi connectivity index (χ1n) is 9.85. The van der Waals surface area contributed by atoms with Gasteiger partial charge < -0.3 is 14.7 Å². The molecule has 1 saturated heterocycles. The zero-order valence-electron chi connectivity index (χ0n) is 16.6. The van der Waals surface area contributed by atoms with Crippen molar-refractivity contribution in [3.05, 3.63) is 78.0 Å². The lowest BCUT2D eigenvalue weighted by Crippen LogP contribution is -2.47. The number of rotatable bonds is 5. The van der Waals surface area contributed by atoms with E-state index in [4.69, 9.17) is 9.97 Å². The Hall–Kier alpha value is -3.08. The SMILES string of the molecule is Cc1cc(N(C)Cc2ccccc2)nc(N2CCN(c3ccccc3)CC2)n1. The van der Waals surface area contributed by atoms with Crippen molar-refractivity contribution in [1.82, 2.24) is 9.97 Å². The molecule has 5 heteroatoms. The maximum atomic E-state index is 4.87. The highest BCUT2D eigenvalue weighted by Crippen LogP contribution is 2.21. The summed E-state index contributed by atoms with van der Waals surface area (Å²) in [4.78, 5) is 16.5. The van der Waals surface area contributed by atoms with Gasteiger partial charge in [0.15, 0.2) is 0 Å². The molecule has 0 saturated carbocycles. The Morgan fingerprint density at radius 2 is 1.43 bits per heavy atom. The summed E-state index contributed by atoms with van der Waals surface area (Å²) in [5, 5.41) is 0. The second-order valence-electron chi connectivity index (χ2n) is 7.32. The fraction of sp³-hybridized carbons (Fsp3) is 0.304. The van der Waals surface area contributed by atoms with Gasteiger partial charge in [0.1, 0.15) is 5.82 Å². The molecule has 3 aromatic rings. The van der Waals surface area contributed by atoms with Gasteiger partial charge in [0.25, 0.3) is 0 Å². The van der Waals surface area contributed by atoms with E-state index in [1.54, 1.807) is 0 Å². The lowest BCUT2D eigenvalue weighted by Gasteiger charge is -2.36. The predicted octanol–water partition coefficient (Wildman–Crippen LogP) is 3.75. The number of aryl methyl sites for hydroxylation is 1. The lowest BCUT2D eigenvalue weighted by molar-refractivity contribution is 0.638. The van der Waals surface area contributed by atoms with Crippen LogP contribution < -0.4 is 14.7 Å². The van der Waals surface area contributed by atoms with Crippen molar-refractivity contribution in [2.24, 2.45) is 0 Å². The van der Waals surface area contributed by atoms with Crippen LogP contribution in [0.3, 0.4) is 0 Å². The molecule has 5 nitrogen and oxygen atoms in total. The topological polar surface area (TPSA) is 35.5 Å². The summed E-state index contributed by atoms with van der Waals surface area (Å²) in [5.41, 5.74) is 3.57. The molecular weight excluding hydrogens is 346 g/mol. The van der Waals surface area contributed by atoms with Crippen LogP contribution in [0.4, 0.5) is 17.5 Å². The zero-order chi connectivity index (χ0) is 19.3. The van der Waals surface area contributed by atoms with E-state index in [2.05, 4.69) is 82.4 Å². The smallest absolute Gasteiger partial charge is 0.227 e. The number of nitrogens with zero attached hydrogens (tertiary/aromatic N) is 5. The number of hydrogen-bond donors (Lipinski definition) is 0. The van der Waals surface area contributed by atoms with Crippen molar-refractivity contribution in [1.29, 1.82) is 0 Å². The third kappa shape index (κ3) is 4.25. The molecule has 144 valence electrons. The summed E-state index contributed by atoms with van der Waals surface area (Å²) < 4.78 is 0. The van der Waals surface area contributed by atoms with Crippen molar-refractivity contribution < 1.29 is 0 Å². The average molecular weight is 374 g/mol. The normalized spacial score (nSPS) is 14.2. The lowest BCUT2D eigenvalue weighted by atomic mass is 10.2. The van der Waals surface area contributed by atoms with Gasteiger partial charge in [-0.1, -0.05) is 48.5 Å². The molecule has 0 bridgehead atoms. The van der Waals surface area contributed by atoms with E-state index in [0.29, 0.717) is 0 Å². The molecule has 0 N–H and O–H groups in total. The van der Waals surface area contributed by atoms with Gasteiger partial charge in [-0.05, 0) is 24.6 Å². The van der Waals surface area contributed by atoms with E-state index in [0.717, 1.165) is 50.2 Å². The van der Waals surface area contributed by atoms with Crippen LogP contribution in [0.25, 0.3) is 0 Å². The minimum atomic E-state index is 0.832. The Morgan fingerprint density at radius 3 is 2.11 bits per heavy atom. The van der Waals surface area contributed by atoms with Gasteiger partial charge in [0, 0.05) is 57.2 Å². The molecule has 0 aliphatic carbocycles. The summed E-state index contributed by atoms with van der Waals surface area (Å²) in [6.45, 7) is 6.71. The molecule has 0 atom stereocenters. The Bertz CT molecular complexity index is 889. The first-order chi connectivity index (χ1) is 13.7. The zero-order valence-corrected chi connectivity index (χ0v) is 16.6. The van der Waals surface area contributed by atoms with Crippen LogP contribution in [0, 0.1) is 6.92 Å². The van der Waals surface area contributed by atoms with Crippen LogP contribution in [0.5, 0.6) is 0 Å². The van der Waals surface area contributed by atoms with E-state index in [1.807, 2.05) is 13.0 Å². The van der Waals surface area contributed by atoms with Crippen molar-refractivity contribution in [2.75, 3.05) is 47.9 Å². The molecule has 2 heterocycles. The Kier molecular flexibility index (Phi) is 5.42. The summed E-state index contributed by atoms with van der Waals surface area (Å²) in [6.07, 6.45) is 0. The minimum absolute atomic E-state index is 0.832. The quantitative estimate of drug-likeness (QED) is 0.681. The van der Waals surface area contributed by atoms with Crippen molar-refractivity contribution >= 4 is 17.5 Å². The summed E-state index contributed by atoms with van der Waals surface area (Å²) in [5.74, 6) is 1.81. The predicted molar refractivity (Wildman–Crippen MR) is 116 cm³/mol. The van der Waals surface area contributed by atoms with Gasteiger partial charge >= 0.3 is 0 Å². The summed E-state index contributed by atoms with van der Waals surface area (Å²) in [7, 11) is 2.09. The Balaban J connectivity index is 1.45. The molecule has 28 heavy (non-hydrogen) atoms. The summed E-state index contributed by atoms with van der Waals surface area (Å²) in [6, 6.07) is 23.2. The van der Waals surface area contributed by atoms with Crippen LogP contribution in [-0.2, 0) is 6.54 Å². The van der Waals surface area contributed by atoms with E-state index >= 15 is 0 Å². The highest BCUT2D eigenvalue weighted by molar-refractivity contribution is 5.50. The average Bonchev–Trinajstić information content (AvgIpc) is 2.75. The molecule has 0 radical (unpaired) electrons. The van der Waals surface area contributed by atoms with Crippen LogP contribution in [0.1, 0.15) is 11.3 Å². The first-order valence-corrected chi connectivity index (χ1v) is 9.85. The maximum absolute atomic E-state index is 4.87. The molecule has 1 aromatic heterocycles. The van der Waals surface area contributed by atoms with Crippen molar-refractivity contribution in [3.63, 3.8) is 0 Å². The molecular formula is C23H27N5. The van der Waals surface area contributed by atoms with Crippen LogP contribution >= 0.6 is 0 Å². The third-order valence-corrected chi connectivity index (χ3v) is 5.17. The number of aromatic nitrogens is 2. The second-order valence-corrected chi connectivity index (χ2v) is 7.32. The fourth-order valence-electron chi connectivity index (χ4n) is 3.62. The van der Waals surface area contributed by atoms with Crippen LogP contribution in [0.2, 0.25) is 0 Å². The van der Waals surface area contributed by atoms with Crippen LogP contribution in [0.15, 0.2) is 66.7 Å². The number of piperazine rings is 1. The highest BCUT2D eigenvalue weighted by atomic mass is 15.3. The van der Waals surface area contributed by atoms with Gasteiger partial charge in [-0.25, -0.2) is 4.98 Å². The second kappa shape index (κ2) is 8.30. The fourth-order valence-corrected chi connectivity index (χ4v) is 3.62. The van der Waals surface area contributed by atoms with Gasteiger partial charge in [-0.2, -0.15) is 4.98 Å². The molecule has 1 aliphatic heterocycles. The van der Waals surface area contributed by atoms with Gasteiger partial charge in [-0.3, -0.25) is 0 Å². The van der Waals surface area contributed by atoms with E-state index < -0.39 is 0 Å². The minimum Gasteiger partial charge on any atom is -0.368 e. The maximum Gasteiger partial charge on any atom is 0.227 e. The van der Waals surface area contributed by atoms with E-state index in [9.17, 15) is 0 Å². The van der Waals surface area contributed by atoms with Crippen LogP contribution in [-0.4, -0.2) is 43.2 Å².